The molecule has 0 atom stereocenters. The third-order valence-corrected chi connectivity index (χ3v) is 3.19. The van der Waals surface area contributed by atoms with Crippen LogP contribution in [0.2, 0.25) is 0 Å². The van der Waals surface area contributed by atoms with Gasteiger partial charge in [0.25, 0.3) is 0 Å². The molecule has 0 aliphatic heterocycles. The zero-order valence-corrected chi connectivity index (χ0v) is 10.1. The Labute approximate surface area is 89.6 Å². The quantitative estimate of drug-likeness (QED) is 0.382. The fourth-order valence-corrected chi connectivity index (χ4v) is 1.72. The number of nitrogens with zero attached hydrogens (tertiary/aromatic N) is 1. The van der Waals surface area contributed by atoms with E-state index in [2.05, 4.69) is 50.2 Å². The number of hydrogen-bond acceptors (Lipinski definition) is 1. The second kappa shape index (κ2) is 3.89. The van der Waals surface area contributed by atoms with E-state index in [1.165, 1.54) is 22.3 Å². The first-order valence-corrected chi connectivity index (χ1v) is 4.98. The van der Waals surface area contributed by atoms with Crippen LogP contribution in [0.5, 0.6) is 0 Å². The monoisotopic (exact) mass is 200 g/mol. The molecule has 2 heteroatoms. The van der Waals surface area contributed by atoms with E-state index in [1.807, 2.05) is 0 Å². The van der Waals surface area contributed by atoms with E-state index in [-0.39, 0.29) is 0 Å². The van der Waals surface area contributed by atoms with Gasteiger partial charge in [0.2, 0.25) is 10.4 Å². The minimum Gasteiger partial charge on any atom is -0.332 e. The van der Waals surface area contributed by atoms with Crippen LogP contribution in [0.3, 0.4) is 0 Å². The van der Waals surface area contributed by atoms with Crippen LogP contribution in [0, 0.1) is 40.2 Å². The predicted molar refractivity (Wildman–Crippen MR) is 62.5 cm³/mol. The Kier molecular flexibility index (Phi) is 3.02. The molecule has 0 bridgehead atoms. The van der Waals surface area contributed by atoms with Crippen molar-refractivity contribution in [2.45, 2.75) is 27.7 Å². The molecule has 0 aliphatic rings. The van der Waals surface area contributed by atoms with Gasteiger partial charge in [0.05, 0.1) is 0 Å². The molecule has 0 saturated heterocycles. The van der Waals surface area contributed by atoms with Gasteiger partial charge in [-0.1, -0.05) is 6.42 Å². The zero-order chi connectivity index (χ0) is 10.9. The van der Waals surface area contributed by atoms with E-state index < -0.39 is 0 Å². The lowest BCUT2D eigenvalue weighted by molar-refractivity contribution is 1.20. The molecular formula is C12H14NSi. The van der Waals surface area contributed by atoms with Crippen LogP contribution >= 0.6 is 0 Å². The topological polar surface area (TPSA) is 3.24 Å². The smallest absolute Gasteiger partial charge is 0.209 e. The summed E-state index contributed by atoms with van der Waals surface area (Å²) < 4.78 is 1.63. The van der Waals surface area contributed by atoms with E-state index in [0.717, 1.165) is 5.69 Å². The van der Waals surface area contributed by atoms with Crippen molar-refractivity contribution in [1.82, 2.24) is 0 Å². The van der Waals surface area contributed by atoms with Crippen LogP contribution in [0.25, 0.3) is 0 Å². The number of benzene rings is 1. The maximum Gasteiger partial charge on any atom is 0.209 e. The Morgan fingerprint density at radius 2 is 1.71 bits per heavy atom. The van der Waals surface area contributed by atoms with E-state index in [4.69, 9.17) is 6.42 Å². The molecule has 0 unspecified atom stereocenters. The van der Waals surface area contributed by atoms with Gasteiger partial charge < -0.3 is 4.57 Å². The molecule has 0 fully saturated rings. The predicted octanol–water partition coefficient (Wildman–Crippen LogP) is 2.40. The minimum atomic E-state index is 1.05. The van der Waals surface area contributed by atoms with Crippen molar-refractivity contribution in [3.05, 3.63) is 28.3 Å². The fourth-order valence-electron chi connectivity index (χ4n) is 1.49. The second-order valence-electron chi connectivity index (χ2n) is 3.55. The van der Waals surface area contributed by atoms with Gasteiger partial charge in [0, 0.05) is 5.69 Å². The van der Waals surface area contributed by atoms with Crippen molar-refractivity contribution in [3.8, 4) is 12.5 Å². The SMILES string of the molecule is C#CN([Si])c1cc(C)c(C)c(C)c1C. The molecule has 1 aromatic rings. The van der Waals surface area contributed by atoms with Gasteiger partial charge in [-0.25, -0.2) is 0 Å². The van der Waals surface area contributed by atoms with Crippen LogP contribution in [-0.2, 0) is 0 Å². The van der Waals surface area contributed by atoms with Gasteiger partial charge in [-0.15, -0.1) is 0 Å². The van der Waals surface area contributed by atoms with Crippen molar-refractivity contribution in [2.75, 3.05) is 4.57 Å². The average Bonchev–Trinajstić information content (AvgIpc) is 2.19. The third kappa shape index (κ3) is 1.69. The van der Waals surface area contributed by atoms with Crippen LogP contribution < -0.4 is 4.57 Å². The highest BCUT2D eigenvalue weighted by Crippen LogP contribution is 2.26. The van der Waals surface area contributed by atoms with Crippen molar-refractivity contribution in [3.63, 3.8) is 0 Å². The summed E-state index contributed by atoms with van der Waals surface area (Å²) in [6, 6.07) is 4.64. The number of terminal acetylenes is 1. The molecule has 0 spiro atoms. The molecule has 3 radical (unpaired) electrons. The first-order valence-electron chi connectivity index (χ1n) is 4.54. The Bertz CT molecular complexity index is 402. The van der Waals surface area contributed by atoms with Gasteiger partial charge in [-0.2, -0.15) is 0 Å². The lowest BCUT2D eigenvalue weighted by atomic mass is 9.98. The van der Waals surface area contributed by atoms with Crippen molar-refractivity contribution < 1.29 is 0 Å². The molecule has 0 heterocycles. The molecule has 0 saturated carbocycles. The molecule has 1 nitrogen and oxygen atoms in total. The summed E-state index contributed by atoms with van der Waals surface area (Å²) in [5, 5.41) is 0. The molecule has 1 rings (SSSR count). The standard InChI is InChI=1S/C12H14NSi/c1-6-13(14)12-7-8(2)9(3)10(4)11(12)5/h1,7H,2-5H3. The van der Waals surface area contributed by atoms with Crippen LogP contribution in [0.15, 0.2) is 6.07 Å². The highest BCUT2D eigenvalue weighted by atomic mass is 28.2. The molecule has 71 valence electrons. The highest BCUT2D eigenvalue weighted by molar-refractivity contribution is 6.20. The first-order chi connectivity index (χ1) is 6.49. The Hall–Kier alpha value is -1.20. The van der Waals surface area contributed by atoms with E-state index >= 15 is 0 Å². The summed E-state index contributed by atoms with van der Waals surface area (Å²) in [6.45, 7) is 8.44. The third-order valence-electron chi connectivity index (χ3n) is 2.82. The van der Waals surface area contributed by atoms with Gasteiger partial charge in [0.15, 0.2) is 0 Å². The van der Waals surface area contributed by atoms with Gasteiger partial charge in [-0.05, 0) is 62.1 Å². The average molecular weight is 200 g/mol. The zero-order valence-electron chi connectivity index (χ0n) is 9.10. The molecule has 1 aromatic carbocycles. The maximum atomic E-state index is 5.34. The summed E-state index contributed by atoms with van der Waals surface area (Å²) in [7, 11) is 3.38. The summed E-state index contributed by atoms with van der Waals surface area (Å²) in [5.74, 6) is 0. The lowest BCUT2D eigenvalue weighted by Gasteiger charge is -2.19. The molecular weight excluding hydrogens is 186 g/mol. The van der Waals surface area contributed by atoms with Gasteiger partial charge >= 0.3 is 0 Å². The summed E-state index contributed by atoms with van der Waals surface area (Å²) in [5.41, 5.74) is 6.18. The molecule has 0 aliphatic carbocycles. The van der Waals surface area contributed by atoms with E-state index in [0.29, 0.717) is 0 Å². The number of aryl methyl sites for hydroxylation is 1. The van der Waals surface area contributed by atoms with E-state index in [9.17, 15) is 0 Å². The van der Waals surface area contributed by atoms with Crippen molar-refractivity contribution in [1.29, 1.82) is 0 Å². The van der Waals surface area contributed by atoms with Crippen molar-refractivity contribution >= 4 is 16.1 Å². The largest absolute Gasteiger partial charge is 0.332 e. The normalized spacial score (nSPS) is 9.71. The Balaban J connectivity index is 3.42. The van der Waals surface area contributed by atoms with Crippen LogP contribution in [0.1, 0.15) is 22.3 Å². The maximum absolute atomic E-state index is 5.34. The summed E-state index contributed by atoms with van der Waals surface area (Å²) >= 11 is 0. The lowest BCUT2D eigenvalue weighted by Crippen LogP contribution is -2.13. The number of anilines is 1. The second-order valence-corrected chi connectivity index (χ2v) is 4.00. The number of rotatable bonds is 1. The molecule has 0 aromatic heterocycles. The first kappa shape index (κ1) is 10.9. The van der Waals surface area contributed by atoms with Gasteiger partial charge in [0.1, 0.15) is 0 Å². The highest BCUT2D eigenvalue weighted by Gasteiger charge is 2.08. The molecule has 14 heavy (non-hydrogen) atoms. The van der Waals surface area contributed by atoms with Crippen molar-refractivity contribution in [2.24, 2.45) is 0 Å². The number of hydrogen-bond donors (Lipinski definition) is 0. The summed E-state index contributed by atoms with van der Waals surface area (Å²) in [4.78, 5) is 0. The Morgan fingerprint density at radius 1 is 1.14 bits per heavy atom. The molecule has 0 amide bonds. The van der Waals surface area contributed by atoms with Gasteiger partial charge in [-0.3, -0.25) is 0 Å². The van der Waals surface area contributed by atoms with E-state index in [1.54, 1.807) is 4.57 Å². The summed E-state index contributed by atoms with van der Waals surface area (Å²) in [6.07, 6.45) is 5.34. The minimum absolute atomic E-state index is 1.05. The van der Waals surface area contributed by atoms with Crippen LogP contribution in [0.4, 0.5) is 5.69 Å². The van der Waals surface area contributed by atoms with Crippen LogP contribution in [-0.4, -0.2) is 10.4 Å². The fraction of sp³-hybridized carbons (Fsp3) is 0.333. The Morgan fingerprint density at radius 3 is 2.21 bits per heavy atom. The molecule has 0 N–H and O–H groups in total.